The number of ketones is 1. The predicted octanol–water partition coefficient (Wildman–Crippen LogP) is 3.18. The van der Waals surface area contributed by atoms with Gasteiger partial charge in [0.25, 0.3) is 5.91 Å². The van der Waals surface area contributed by atoms with Gasteiger partial charge in [0.15, 0.2) is 5.78 Å². The molecular formula is C22H22N2O4. The molecule has 4 rings (SSSR count). The van der Waals surface area contributed by atoms with Gasteiger partial charge in [-0.05, 0) is 48.2 Å². The zero-order valence-electron chi connectivity index (χ0n) is 16.1. The van der Waals surface area contributed by atoms with Crippen molar-refractivity contribution >= 4 is 11.7 Å². The first-order chi connectivity index (χ1) is 13.3. The number of pyridine rings is 1. The Hall–Kier alpha value is -2.99. The highest BCUT2D eigenvalue weighted by Gasteiger charge is 2.40. The summed E-state index contributed by atoms with van der Waals surface area (Å²) in [6, 6.07) is 10.7. The zero-order chi connectivity index (χ0) is 20.1. The number of methoxy groups -OCH3 is 1. The molecule has 2 heterocycles. The fourth-order valence-corrected chi connectivity index (χ4v) is 3.90. The van der Waals surface area contributed by atoms with Crippen LogP contribution in [-0.2, 0) is 4.79 Å². The molecular weight excluding hydrogens is 356 g/mol. The van der Waals surface area contributed by atoms with Gasteiger partial charge in [0.05, 0.1) is 24.1 Å². The normalized spacial score (nSPS) is 20.8. The molecule has 6 heteroatoms. The van der Waals surface area contributed by atoms with E-state index in [9.17, 15) is 14.7 Å². The smallest absolute Gasteiger partial charge is 0.257 e. The molecule has 1 atom stereocenters. The van der Waals surface area contributed by atoms with Crippen molar-refractivity contribution in [1.29, 1.82) is 0 Å². The lowest BCUT2D eigenvalue weighted by Crippen LogP contribution is -2.33. The number of carbonyl (C=O) groups excluding carboxylic acids is 2. The van der Waals surface area contributed by atoms with Gasteiger partial charge in [-0.2, -0.15) is 0 Å². The van der Waals surface area contributed by atoms with Gasteiger partial charge in [-0.1, -0.05) is 13.8 Å². The van der Waals surface area contributed by atoms with Gasteiger partial charge in [-0.3, -0.25) is 9.59 Å². The van der Waals surface area contributed by atoms with Gasteiger partial charge in [0.2, 0.25) is 0 Å². The number of aliphatic hydroxyl groups is 1. The van der Waals surface area contributed by atoms with Gasteiger partial charge in [0.1, 0.15) is 11.9 Å². The molecule has 1 unspecified atom stereocenters. The summed E-state index contributed by atoms with van der Waals surface area (Å²) in [4.78, 5) is 30.0. The maximum atomic E-state index is 12.7. The molecule has 0 saturated heterocycles. The van der Waals surface area contributed by atoms with Crippen LogP contribution < -0.4 is 10.1 Å². The van der Waals surface area contributed by atoms with Crippen LogP contribution >= 0.6 is 0 Å². The Morgan fingerprint density at radius 3 is 2.50 bits per heavy atom. The SMILES string of the molecule is COc1ccc(-c2ccc3c(n2)C(O)C2=C(CC(C)(C)CC2=O)NC3=O)cc1. The number of aliphatic hydroxyl groups excluding tert-OH is 1. The second-order valence-electron chi connectivity index (χ2n) is 8.05. The third-order valence-corrected chi connectivity index (χ3v) is 5.27. The van der Waals surface area contributed by atoms with Gasteiger partial charge in [0, 0.05) is 23.3 Å². The van der Waals surface area contributed by atoms with E-state index in [1.54, 1.807) is 19.2 Å². The summed E-state index contributed by atoms with van der Waals surface area (Å²) in [5, 5.41) is 13.8. The van der Waals surface area contributed by atoms with E-state index in [4.69, 9.17) is 4.74 Å². The van der Waals surface area contributed by atoms with E-state index >= 15 is 0 Å². The molecule has 144 valence electrons. The number of hydrogen-bond donors (Lipinski definition) is 2. The minimum absolute atomic E-state index is 0.149. The van der Waals surface area contributed by atoms with E-state index < -0.39 is 6.10 Å². The molecule has 28 heavy (non-hydrogen) atoms. The Bertz CT molecular complexity index is 1010. The second kappa shape index (κ2) is 6.56. The van der Waals surface area contributed by atoms with Crippen molar-refractivity contribution < 1.29 is 19.4 Å². The lowest BCUT2D eigenvalue weighted by atomic mass is 9.74. The van der Waals surface area contributed by atoms with Crippen LogP contribution in [0.1, 0.15) is 48.8 Å². The molecule has 1 aliphatic heterocycles. The first-order valence-corrected chi connectivity index (χ1v) is 9.20. The number of fused-ring (bicyclic) bond motifs is 1. The van der Waals surface area contributed by atoms with E-state index in [-0.39, 0.29) is 33.9 Å². The van der Waals surface area contributed by atoms with Crippen LogP contribution in [0.4, 0.5) is 0 Å². The van der Waals surface area contributed by atoms with E-state index in [1.165, 1.54) is 0 Å². The van der Waals surface area contributed by atoms with Gasteiger partial charge < -0.3 is 15.2 Å². The van der Waals surface area contributed by atoms with Crippen molar-refractivity contribution in [1.82, 2.24) is 10.3 Å². The molecule has 0 saturated carbocycles. The summed E-state index contributed by atoms with van der Waals surface area (Å²) < 4.78 is 5.17. The minimum atomic E-state index is -1.23. The highest BCUT2D eigenvalue weighted by molar-refractivity contribution is 6.04. The molecule has 0 radical (unpaired) electrons. The highest BCUT2D eigenvalue weighted by Crippen LogP contribution is 2.42. The molecule has 0 bridgehead atoms. The average Bonchev–Trinajstić information content (AvgIpc) is 2.75. The number of hydrogen-bond acceptors (Lipinski definition) is 5. The quantitative estimate of drug-likeness (QED) is 0.838. The summed E-state index contributed by atoms with van der Waals surface area (Å²) in [5.74, 6) is 0.227. The summed E-state index contributed by atoms with van der Waals surface area (Å²) in [5.41, 5.74) is 2.43. The van der Waals surface area contributed by atoms with Crippen molar-refractivity contribution in [3.8, 4) is 17.0 Å². The topological polar surface area (TPSA) is 88.5 Å². The van der Waals surface area contributed by atoms with Gasteiger partial charge >= 0.3 is 0 Å². The summed E-state index contributed by atoms with van der Waals surface area (Å²) >= 11 is 0. The van der Waals surface area contributed by atoms with E-state index in [0.717, 1.165) is 11.3 Å². The summed E-state index contributed by atoms with van der Waals surface area (Å²) in [6.07, 6.45) is -0.381. The van der Waals surface area contributed by atoms with Crippen molar-refractivity contribution in [2.75, 3.05) is 7.11 Å². The van der Waals surface area contributed by atoms with Crippen LogP contribution in [0.15, 0.2) is 47.7 Å². The Morgan fingerprint density at radius 2 is 1.82 bits per heavy atom. The molecule has 2 aromatic rings. The van der Waals surface area contributed by atoms with Crippen molar-refractivity contribution in [3.63, 3.8) is 0 Å². The lowest BCUT2D eigenvalue weighted by Gasteiger charge is -2.32. The van der Waals surface area contributed by atoms with Crippen molar-refractivity contribution in [2.24, 2.45) is 5.41 Å². The summed E-state index contributed by atoms with van der Waals surface area (Å²) in [7, 11) is 1.60. The van der Waals surface area contributed by atoms with E-state index in [0.29, 0.717) is 24.2 Å². The number of ether oxygens (including phenoxy) is 1. The number of aromatic nitrogens is 1. The molecule has 1 aromatic heterocycles. The third-order valence-electron chi connectivity index (χ3n) is 5.27. The molecule has 1 amide bonds. The van der Waals surface area contributed by atoms with E-state index in [2.05, 4.69) is 10.3 Å². The third kappa shape index (κ3) is 3.10. The highest BCUT2D eigenvalue weighted by atomic mass is 16.5. The number of Topliss-reactive ketones (excluding diaryl/α,β-unsaturated/α-hetero) is 1. The number of amides is 1. The van der Waals surface area contributed by atoms with Gasteiger partial charge in [-0.25, -0.2) is 4.98 Å². The first kappa shape index (κ1) is 18.4. The molecule has 2 N–H and O–H groups in total. The number of carbonyl (C=O) groups is 2. The fourth-order valence-electron chi connectivity index (χ4n) is 3.90. The Morgan fingerprint density at radius 1 is 1.11 bits per heavy atom. The molecule has 6 nitrogen and oxygen atoms in total. The predicted molar refractivity (Wildman–Crippen MR) is 104 cm³/mol. The first-order valence-electron chi connectivity index (χ1n) is 9.20. The lowest BCUT2D eigenvalue weighted by molar-refractivity contribution is -0.119. The standard InChI is InChI=1S/C22H22N2O4/c1-22(2)10-16-18(17(25)11-22)20(26)19-14(21(27)24-16)8-9-15(23-19)12-4-6-13(28-3)7-5-12/h4-9,20,26H,10-11H2,1-3H3,(H,24,27). The number of benzene rings is 1. The number of nitrogens with one attached hydrogen (secondary N) is 1. The largest absolute Gasteiger partial charge is 0.497 e. The number of allylic oxidation sites excluding steroid dienone is 1. The minimum Gasteiger partial charge on any atom is -0.497 e. The number of nitrogens with zero attached hydrogens (tertiary/aromatic N) is 1. The van der Waals surface area contributed by atoms with Crippen LogP contribution in [0.2, 0.25) is 0 Å². The molecule has 1 aromatic carbocycles. The molecule has 1 aliphatic carbocycles. The van der Waals surface area contributed by atoms with Crippen LogP contribution in [0.25, 0.3) is 11.3 Å². The monoisotopic (exact) mass is 378 g/mol. The van der Waals surface area contributed by atoms with Crippen molar-refractivity contribution in [2.45, 2.75) is 32.8 Å². The van der Waals surface area contributed by atoms with Crippen LogP contribution in [0.3, 0.4) is 0 Å². The number of rotatable bonds is 2. The van der Waals surface area contributed by atoms with Gasteiger partial charge in [-0.15, -0.1) is 0 Å². The zero-order valence-corrected chi connectivity index (χ0v) is 16.1. The molecule has 0 spiro atoms. The van der Waals surface area contributed by atoms with Crippen LogP contribution in [0.5, 0.6) is 5.75 Å². The fraction of sp³-hybridized carbons (Fsp3) is 0.318. The van der Waals surface area contributed by atoms with Crippen LogP contribution in [0, 0.1) is 5.41 Å². The average molecular weight is 378 g/mol. The Labute approximate surface area is 163 Å². The Kier molecular flexibility index (Phi) is 4.31. The second-order valence-corrected chi connectivity index (χ2v) is 8.05. The van der Waals surface area contributed by atoms with Crippen molar-refractivity contribution in [3.05, 3.63) is 58.9 Å². The maximum absolute atomic E-state index is 12.7. The van der Waals surface area contributed by atoms with Crippen LogP contribution in [-0.4, -0.2) is 28.9 Å². The van der Waals surface area contributed by atoms with E-state index in [1.807, 2.05) is 38.1 Å². The molecule has 2 aliphatic rings. The summed E-state index contributed by atoms with van der Waals surface area (Å²) in [6.45, 7) is 3.95. The maximum Gasteiger partial charge on any atom is 0.257 e. The Balaban J connectivity index is 1.80. The molecule has 0 fully saturated rings.